The summed E-state index contributed by atoms with van der Waals surface area (Å²) in [6.07, 6.45) is 13.7. The van der Waals surface area contributed by atoms with Crippen molar-refractivity contribution in [1.29, 1.82) is 15.8 Å². The van der Waals surface area contributed by atoms with Gasteiger partial charge in [0.25, 0.3) is 0 Å². The van der Waals surface area contributed by atoms with Crippen LogP contribution < -0.4 is 30.2 Å². The second kappa shape index (κ2) is 19.0. The van der Waals surface area contributed by atoms with Crippen LogP contribution in [0.1, 0.15) is 43.3 Å². The number of rotatable bonds is 10. The van der Waals surface area contributed by atoms with Gasteiger partial charge >= 0.3 is 0 Å². The molecule has 0 unspecified atom stereocenters. The number of pyridine rings is 6. The first-order chi connectivity index (χ1) is 31.5. The summed E-state index contributed by atoms with van der Waals surface area (Å²) in [5.41, 5.74) is 6.11. The minimum atomic E-state index is 0.200. The van der Waals surface area contributed by atoms with Crippen LogP contribution in [0, 0.1) is 34.0 Å². The molecule has 11 rings (SSSR count). The highest BCUT2D eigenvalue weighted by atomic mass is 16.5. The minimum Gasteiger partial charge on any atom is -0.491 e. The van der Waals surface area contributed by atoms with Gasteiger partial charge in [-0.3, -0.25) is 0 Å². The highest BCUT2D eigenvalue weighted by Gasteiger charge is 2.18. The Balaban J connectivity index is 0.000000122. The first-order valence-electron chi connectivity index (χ1n) is 21.1. The minimum absolute atomic E-state index is 0.200. The fraction of sp³-hybridized carbons (Fsp3) is 0.283. The Morgan fingerprint density at radius 3 is 1.59 bits per heavy atom. The zero-order valence-electron chi connectivity index (χ0n) is 34.9. The molecule has 11 heterocycles. The maximum Gasteiger partial charge on any atom is 0.141 e. The Labute approximate surface area is 366 Å². The van der Waals surface area contributed by atoms with Crippen molar-refractivity contribution in [1.82, 2.24) is 60.8 Å². The highest BCUT2D eigenvalue weighted by Crippen LogP contribution is 2.30. The lowest BCUT2D eigenvalue weighted by atomic mass is 10.2. The normalized spacial score (nSPS) is 15.7. The average Bonchev–Trinajstić information content (AvgIpc) is 4.20. The Morgan fingerprint density at radius 2 is 1.12 bits per heavy atom. The van der Waals surface area contributed by atoms with Crippen molar-refractivity contribution in [3.63, 3.8) is 0 Å². The van der Waals surface area contributed by atoms with Crippen LogP contribution >= 0.6 is 0 Å². The van der Waals surface area contributed by atoms with E-state index >= 15 is 0 Å². The fourth-order valence-corrected chi connectivity index (χ4v) is 7.81. The van der Waals surface area contributed by atoms with Gasteiger partial charge in [-0.1, -0.05) is 6.92 Å². The van der Waals surface area contributed by atoms with Crippen LogP contribution in [0.4, 0.5) is 0 Å². The molecule has 6 N–H and O–H groups in total. The second-order valence-electron chi connectivity index (χ2n) is 15.3. The number of fused-ring (bicyclic) bond motifs is 9. The van der Waals surface area contributed by atoms with E-state index in [2.05, 4.69) is 85.9 Å². The van der Waals surface area contributed by atoms with Gasteiger partial charge < -0.3 is 45.1 Å². The van der Waals surface area contributed by atoms with Crippen molar-refractivity contribution < 1.29 is 14.2 Å². The van der Waals surface area contributed by atoms with Crippen LogP contribution in [-0.2, 0) is 0 Å². The summed E-state index contributed by atoms with van der Waals surface area (Å²) < 4.78 is 17.5. The van der Waals surface area contributed by atoms with Crippen molar-refractivity contribution in [2.75, 3.05) is 45.9 Å². The number of likely N-dealkylation sites (N-methyl/N-ethyl adjacent to an activating group) is 1. The third-order valence-corrected chi connectivity index (χ3v) is 11.0. The lowest BCUT2D eigenvalue weighted by molar-refractivity contribution is 0.222. The van der Waals surface area contributed by atoms with Gasteiger partial charge in [0, 0.05) is 51.4 Å². The fourth-order valence-electron chi connectivity index (χ4n) is 7.81. The summed E-state index contributed by atoms with van der Waals surface area (Å²) in [4.78, 5) is 34.9. The van der Waals surface area contributed by atoms with Crippen LogP contribution in [0.15, 0.2) is 73.6 Å². The zero-order valence-corrected chi connectivity index (χ0v) is 34.9. The molecule has 2 saturated heterocycles. The number of ether oxygens (including phenoxy) is 3. The third-order valence-electron chi connectivity index (χ3n) is 11.0. The molecule has 9 aromatic heterocycles. The number of nitrogens with zero attached hydrogens (tertiary/aromatic N) is 9. The summed E-state index contributed by atoms with van der Waals surface area (Å²) in [5, 5.41) is 42.5. The molecule has 18 nitrogen and oxygen atoms in total. The molecular weight excluding hydrogens is 811 g/mol. The number of aromatic nitrogens is 9. The van der Waals surface area contributed by atoms with Crippen molar-refractivity contribution >= 4 is 65.8 Å². The molecular formula is C46H43N15O3. The van der Waals surface area contributed by atoms with Crippen LogP contribution in [-0.4, -0.2) is 103 Å². The molecule has 320 valence electrons. The molecule has 0 saturated carbocycles. The molecule has 0 aromatic carbocycles. The number of nitriles is 3. The maximum atomic E-state index is 9.00. The second-order valence-corrected chi connectivity index (χ2v) is 15.3. The molecule has 0 spiro atoms. The molecule has 2 fully saturated rings. The van der Waals surface area contributed by atoms with Gasteiger partial charge in [-0.05, 0) is 75.3 Å². The van der Waals surface area contributed by atoms with E-state index in [9.17, 15) is 0 Å². The van der Waals surface area contributed by atoms with E-state index in [-0.39, 0.29) is 6.10 Å². The van der Waals surface area contributed by atoms with E-state index < -0.39 is 0 Å². The molecule has 64 heavy (non-hydrogen) atoms. The molecule has 18 heteroatoms. The van der Waals surface area contributed by atoms with E-state index in [0.29, 0.717) is 36.3 Å². The SMILES string of the molecule is CCNCCOc1cnc2[nH]c3cnc(C#N)cc3c2c1.N#Cc1cc2c(cn1)[nH]c1ncc(OC[C@@H]3CCCN3)cc12.N#Cc1cc2c(cn1)[nH]c1ncc(O[C@H]3CCNC3)cc12. The lowest BCUT2D eigenvalue weighted by Crippen LogP contribution is -2.28. The van der Waals surface area contributed by atoms with Crippen molar-refractivity contribution in [3.8, 4) is 35.5 Å². The summed E-state index contributed by atoms with van der Waals surface area (Å²) in [5.74, 6) is 2.22. The predicted molar refractivity (Wildman–Crippen MR) is 241 cm³/mol. The van der Waals surface area contributed by atoms with Crippen LogP contribution in [0.3, 0.4) is 0 Å². The Kier molecular flexibility index (Phi) is 12.3. The number of H-pyrrole nitrogens is 3. The average molecular weight is 854 g/mol. The van der Waals surface area contributed by atoms with Crippen molar-refractivity contribution in [2.45, 2.75) is 38.3 Å². The van der Waals surface area contributed by atoms with E-state index in [0.717, 1.165) is 129 Å². The van der Waals surface area contributed by atoms with E-state index in [1.165, 1.54) is 6.42 Å². The number of hydrogen-bond donors (Lipinski definition) is 6. The standard InChI is InChI=1S/C16H15N5O.C15H13N5O.C15H15N5O/c17-6-11-4-13-14-5-12(22-9-10-2-1-3-18-10)7-20-16(14)21-15(13)8-19-11;16-5-9-3-12-13-4-11(21-10-1-2-17-6-10)7-19-15(13)20-14(12)8-18-9;1-2-17-3-4-21-11-6-13-12-5-10(7-16)18-9-14(12)20-15(13)19-8-11/h4-5,7-8,10,18H,1-3,9H2,(H,20,21);3-4,7-8,10,17H,1-2,6H2,(H,19,20);5-6,8-9,17H,2-4H2,1H3,(H,19,20)/t2*10-;/m00./s1. The van der Waals surface area contributed by atoms with Crippen LogP contribution in [0.25, 0.3) is 65.8 Å². The van der Waals surface area contributed by atoms with Crippen molar-refractivity contribution in [2.24, 2.45) is 0 Å². The van der Waals surface area contributed by atoms with Gasteiger partial charge in [0.15, 0.2) is 0 Å². The van der Waals surface area contributed by atoms with Gasteiger partial charge in [0.05, 0.1) is 53.7 Å². The summed E-state index contributed by atoms with van der Waals surface area (Å²) in [7, 11) is 0. The lowest BCUT2D eigenvalue weighted by Gasteiger charge is -2.11. The molecule has 0 bridgehead atoms. The Morgan fingerprint density at radius 1 is 0.609 bits per heavy atom. The van der Waals surface area contributed by atoms with Crippen LogP contribution in [0.2, 0.25) is 0 Å². The van der Waals surface area contributed by atoms with Gasteiger partial charge in [0.1, 0.15) is 88.8 Å². The van der Waals surface area contributed by atoms with Gasteiger partial charge in [0.2, 0.25) is 0 Å². The molecule has 0 amide bonds. The van der Waals surface area contributed by atoms with Crippen LogP contribution in [0.5, 0.6) is 17.2 Å². The number of nitrogens with one attached hydrogen (secondary N) is 6. The predicted octanol–water partition coefficient (Wildman–Crippen LogP) is 5.81. The summed E-state index contributed by atoms with van der Waals surface area (Å²) in [6.45, 7) is 7.95. The number of hydrogen-bond acceptors (Lipinski definition) is 15. The van der Waals surface area contributed by atoms with E-state index in [1.807, 2.05) is 18.2 Å². The topological polar surface area (TPSA) is 260 Å². The van der Waals surface area contributed by atoms with Gasteiger partial charge in [-0.25, -0.2) is 29.9 Å². The van der Waals surface area contributed by atoms with Crippen molar-refractivity contribution in [3.05, 3.63) is 90.7 Å². The zero-order chi connectivity index (χ0) is 43.8. The summed E-state index contributed by atoms with van der Waals surface area (Å²) in [6, 6.07) is 17.8. The molecule has 0 radical (unpaired) electrons. The maximum absolute atomic E-state index is 9.00. The summed E-state index contributed by atoms with van der Waals surface area (Å²) >= 11 is 0. The molecule has 0 aliphatic carbocycles. The quantitative estimate of drug-likeness (QED) is 0.0888. The van der Waals surface area contributed by atoms with Gasteiger partial charge in [-0.15, -0.1) is 0 Å². The Hall–Kier alpha value is -7.95. The Bertz CT molecular complexity index is 3240. The number of aromatic amines is 3. The first-order valence-corrected chi connectivity index (χ1v) is 21.1. The largest absolute Gasteiger partial charge is 0.491 e. The smallest absolute Gasteiger partial charge is 0.141 e. The molecule has 2 aliphatic rings. The first kappa shape index (κ1) is 41.4. The molecule has 2 atom stereocenters. The van der Waals surface area contributed by atoms with E-state index in [1.54, 1.807) is 55.4 Å². The van der Waals surface area contributed by atoms with E-state index in [4.69, 9.17) is 30.0 Å². The molecule has 2 aliphatic heterocycles. The third kappa shape index (κ3) is 9.13. The highest BCUT2D eigenvalue weighted by molar-refractivity contribution is 6.08. The molecule has 9 aromatic rings. The van der Waals surface area contributed by atoms with Gasteiger partial charge in [-0.2, -0.15) is 15.8 Å². The monoisotopic (exact) mass is 853 g/mol.